The van der Waals surface area contributed by atoms with Gasteiger partial charge in [-0.2, -0.15) is 0 Å². The zero-order valence-corrected chi connectivity index (χ0v) is 11.9. The molecule has 1 amide bonds. The molecule has 108 valence electrons. The molecule has 0 aromatic carbocycles. The summed E-state index contributed by atoms with van der Waals surface area (Å²) < 4.78 is 18.1. The van der Waals surface area contributed by atoms with Gasteiger partial charge in [0.25, 0.3) is 0 Å². The number of carbonyl (C=O) groups excluding carboxylic acids is 1. The molecule has 0 radical (unpaired) electrons. The van der Waals surface area contributed by atoms with E-state index in [9.17, 15) is 9.18 Å². The normalized spacial score (nSPS) is 23.6. The van der Waals surface area contributed by atoms with Crippen molar-refractivity contribution in [2.75, 3.05) is 25.5 Å². The molecule has 2 aliphatic heterocycles. The highest BCUT2D eigenvalue weighted by molar-refractivity contribution is 8.01. The summed E-state index contributed by atoms with van der Waals surface area (Å²) in [6.07, 6.45) is 2.80. The lowest BCUT2D eigenvalue weighted by molar-refractivity contribution is -0.136. The number of amides is 1. The lowest BCUT2D eigenvalue weighted by Gasteiger charge is -2.47. The molecule has 1 aromatic heterocycles. The van der Waals surface area contributed by atoms with Crippen LogP contribution in [0, 0.1) is 0 Å². The molecule has 0 N–H and O–H groups in total. The number of nitrogens with zero attached hydrogens (tertiary/aromatic N) is 2. The number of aromatic nitrogens is 1. The Morgan fingerprint density at radius 3 is 3.10 bits per heavy atom. The van der Waals surface area contributed by atoms with Crippen LogP contribution in [0.5, 0.6) is 5.88 Å². The van der Waals surface area contributed by atoms with Gasteiger partial charge in [0.2, 0.25) is 11.8 Å². The second kappa shape index (κ2) is 5.60. The van der Waals surface area contributed by atoms with Crippen molar-refractivity contribution in [3.63, 3.8) is 0 Å². The van der Waals surface area contributed by atoms with Crippen molar-refractivity contribution < 1.29 is 13.9 Å². The van der Waals surface area contributed by atoms with Crippen molar-refractivity contribution >= 4 is 17.7 Å². The van der Waals surface area contributed by atoms with E-state index in [-0.39, 0.29) is 23.2 Å². The summed E-state index contributed by atoms with van der Waals surface area (Å²) in [6.45, 7) is 0.873. The highest BCUT2D eigenvalue weighted by atomic mass is 32.2. The molecule has 2 fully saturated rings. The smallest absolute Gasteiger partial charge is 0.225 e. The number of likely N-dealkylation sites (tertiary alicyclic amines) is 1. The Morgan fingerprint density at radius 2 is 2.40 bits per heavy atom. The molecule has 0 unspecified atom stereocenters. The molecule has 1 spiro atoms. The van der Waals surface area contributed by atoms with Gasteiger partial charge in [-0.1, -0.05) is 6.07 Å². The minimum Gasteiger partial charge on any atom is -0.473 e. The first-order valence-corrected chi connectivity index (χ1v) is 7.75. The quantitative estimate of drug-likeness (QED) is 0.851. The molecule has 2 aliphatic rings. The zero-order chi connectivity index (χ0) is 14.0. The minimum absolute atomic E-state index is 0.00854. The van der Waals surface area contributed by atoms with Crippen molar-refractivity contribution in [1.82, 2.24) is 9.88 Å². The summed E-state index contributed by atoms with van der Waals surface area (Å²) in [5, 5.41) is 0. The van der Waals surface area contributed by atoms with Crippen molar-refractivity contribution in [2.45, 2.75) is 23.7 Å². The Balaban J connectivity index is 1.50. The molecule has 1 atom stereocenters. The molecule has 0 saturated carbocycles. The van der Waals surface area contributed by atoms with Gasteiger partial charge in [-0.05, 0) is 6.07 Å². The molecule has 0 aliphatic carbocycles. The van der Waals surface area contributed by atoms with Gasteiger partial charge in [0.05, 0.1) is 17.8 Å². The monoisotopic (exact) mass is 296 g/mol. The Morgan fingerprint density at radius 1 is 1.55 bits per heavy atom. The fraction of sp³-hybridized carbons (Fsp3) is 0.571. The van der Waals surface area contributed by atoms with Crippen LogP contribution in [0.25, 0.3) is 0 Å². The van der Waals surface area contributed by atoms with E-state index in [1.807, 2.05) is 30.0 Å². The maximum absolute atomic E-state index is 12.2. The van der Waals surface area contributed by atoms with Gasteiger partial charge in [-0.25, -0.2) is 4.98 Å². The number of rotatable bonds is 4. The third-order valence-electron chi connectivity index (χ3n) is 3.72. The summed E-state index contributed by atoms with van der Waals surface area (Å²) in [6, 6.07) is 5.62. The van der Waals surface area contributed by atoms with Crippen LogP contribution in [0.15, 0.2) is 24.4 Å². The number of carbonyl (C=O) groups is 1. The Bertz CT molecular complexity index is 479. The fourth-order valence-electron chi connectivity index (χ4n) is 2.75. The third kappa shape index (κ3) is 2.75. The summed E-state index contributed by atoms with van der Waals surface area (Å²) >= 11 is 1.86. The summed E-state index contributed by atoms with van der Waals surface area (Å²) in [5.74, 6) is 1.49. The zero-order valence-electron chi connectivity index (χ0n) is 11.1. The predicted molar refractivity (Wildman–Crippen MR) is 75.6 cm³/mol. The van der Waals surface area contributed by atoms with Crippen molar-refractivity contribution in [3.8, 4) is 5.88 Å². The van der Waals surface area contributed by atoms with Crippen LogP contribution in [0.3, 0.4) is 0 Å². The first kappa shape index (κ1) is 13.7. The van der Waals surface area contributed by atoms with Gasteiger partial charge in [0, 0.05) is 37.5 Å². The maximum atomic E-state index is 12.2. The van der Waals surface area contributed by atoms with Crippen LogP contribution in [0.2, 0.25) is 0 Å². The highest BCUT2D eigenvalue weighted by Crippen LogP contribution is 2.46. The van der Waals surface area contributed by atoms with Gasteiger partial charge in [0.1, 0.15) is 6.10 Å². The molecule has 6 heteroatoms. The average molecular weight is 296 g/mol. The van der Waals surface area contributed by atoms with Crippen LogP contribution >= 0.6 is 11.8 Å². The van der Waals surface area contributed by atoms with Gasteiger partial charge in [-0.3, -0.25) is 9.18 Å². The fourth-order valence-corrected chi connectivity index (χ4v) is 4.27. The van der Waals surface area contributed by atoms with Gasteiger partial charge < -0.3 is 9.64 Å². The first-order chi connectivity index (χ1) is 9.71. The largest absolute Gasteiger partial charge is 0.473 e. The van der Waals surface area contributed by atoms with Crippen LogP contribution in [-0.2, 0) is 4.79 Å². The maximum Gasteiger partial charge on any atom is 0.225 e. The van der Waals surface area contributed by atoms with Gasteiger partial charge in [-0.15, -0.1) is 11.8 Å². The molecule has 3 rings (SSSR count). The molecule has 2 saturated heterocycles. The molecular weight excluding hydrogens is 279 g/mol. The summed E-state index contributed by atoms with van der Waals surface area (Å²) in [4.78, 5) is 17.5. The molecule has 1 aromatic rings. The number of halogens is 1. The number of hydrogen-bond acceptors (Lipinski definition) is 4. The van der Waals surface area contributed by atoms with E-state index in [0.29, 0.717) is 5.88 Å². The third-order valence-corrected chi connectivity index (χ3v) is 5.30. The van der Waals surface area contributed by atoms with Crippen LogP contribution < -0.4 is 4.74 Å². The van der Waals surface area contributed by atoms with Crippen LogP contribution in [0.4, 0.5) is 4.39 Å². The lowest BCUT2D eigenvalue weighted by atomic mass is 9.92. The number of ether oxygens (including phenoxy) is 1. The van der Waals surface area contributed by atoms with E-state index in [4.69, 9.17) is 4.74 Å². The second-order valence-corrected chi connectivity index (χ2v) is 6.78. The highest BCUT2D eigenvalue weighted by Gasteiger charge is 2.51. The van der Waals surface area contributed by atoms with Crippen LogP contribution in [0.1, 0.15) is 12.8 Å². The molecule has 4 nitrogen and oxygen atoms in total. The van der Waals surface area contributed by atoms with E-state index >= 15 is 0 Å². The van der Waals surface area contributed by atoms with Crippen molar-refractivity contribution in [2.24, 2.45) is 0 Å². The van der Waals surface area contributed by atoms with E-state index in [1.165, 1.54) is 0 Å². The average Bonchev–Trinajstić information content (AvgIpc) is 2.83. The van der Waals surface area contributed by atoms with E-state index in [0.717, 1.165) is 25.3 Å². The predicted octanol–water partition coefficient (Wildman–Crippen LogP) is 1.91. The van der Waals surface area contributed by atoms with Crippen LogP contribution in [-0.4, -0.2) is 52.2 Å². The summed E-state index contributed by atoms with van der Waals surface area (Å²) in [5.41, 5.74) is 0. The number of thioether (sulfide) groups is 1. The first-order valence-electron chi connectivity index (χ1n) is 6.76. The number of pyridine rings is 1. The topological polar surface area (TPSA) is 42.4 Å². The number of hydrogen-bond donors (Lipinski definition) is 0. The Labute approximate surface area is 121 Å². The standard InChI is InChI=1S/C14H17FN2O2S/c15-5-4-13(18)17-9-14(10-17)7-11(8-20-14)19-12-3-1-2-6-16-12/h1-3,6,11H,4-5,7-10H2/t11-/m0/s1. The van der Waals surface area contributed by atoms with Crippen molar-refractivity contribution in [3.05, 3.63) is 24.4 Å². The Kier molecular flexibility index (Phi) is 3.83. The number of alkyl halides is 1. The molecule has 0 bridgehead atoms. The summed E-state index contributed by atoms with van der Waals surface area (Å²) in [7, 11) is 0. The SMILES string of the molecule is O=C(CCF)N1CC2(C[C@H](Oc3ccccn3)CS2)C1. The van der Waals surface area contributed by atoms with E-state index < -0.39 is 6.67 Å². The van der Waals surface area contributed by atoms with Gasteiger partial charge in [0.15, 0.2) is 0 Å². The molecule has 3 heterocycles. The minimum atomic E-state index is -0.569. The second-order valence-electron chi connectivity index (χ2n) is 5.29. The van der Waals surface area contributed by atoms with E-state index in [1.54, 1.807) is 11.1 Å². The molecular formula is C14H17FN2O2S. The van der Waals surface area contributed by atoms with E-state index in [2.05, 4.69) is 4.98 Å². The van der Waals surface area contributed by atoms with Crippen molar-refractivity contribution in [1.29, 1.82) is 0 Å². The van der Waals surface area contributed by atoms with Gasteiger partial charge >= 0.3 is 0 Å². The molecule has 20 heavy (non-hydrogen) atoms. The lowest BCUT2D eigenvalue weighted by Crippen LogP contribution is -2.60. The Hall–Kier alpha value is -1.30.